The van der Waals surface area contributed by atoms with E-state index in [-0.39, 0.29) is 5.60 Å². The predicted molar refractivity (Wildman–Crippen MR) is 162 cm³/mol. The van der Waals surface area contributed by atoms with Gasteiger partial charge in [-0.05, 0) is 104 Å². The summed E-state index contributed by atoms with van der Waals surface area (Å²) in [5.74, 6) is 2.23. The maximum Gasteiger partial charge on any atom is 0.508 e. The number of hydrogen-bond acceptors (Lipinski definition) is 3. The van der Waals surface area contributed by atoms with Crippen LogP contribution in [0.25, 0.3) is 11.1 Å². The molecule has 2 aromatic rings. The molecule has 39 heavy (non-hydrogen) atoms. The van der Waals surface area contributed by atoms with Crippen molar-refractivity contribution in [3.05, 3.63) is 59.7 Å². The molecule has 0 aliphatic heterocycles. The lowest BCUT2D eigenvalue weighted by molar-refractivity contribution is -0.0574. The molecule has 4 rings (SSSR count). The highest BCUT2D eigenvalue weighted by Crippen LogP contribution is 2.43. The van der Waals surface area contributed by atoms with Gasteiger partial charge >= 0.3 is 6.16 Å². The Morgan fingerprint density at radius 1 is 0.718 bits per heavy atom. The number of ether oxygens (including phenoxy) is 2. The molecule has 2 aliphatic carbocycles. The summed E-state index contributed by atoms with van der Waals surface area (Å²) < 4.78 is 10.8. The fourth-order valence-corrected chi connectivity index (χ4v) is 7.24. The van der Waals surface area contributed by atoms with Gasteiger partial charge in [-0.2, -0.15) is 0 Å². The summed E-state index contributed by atoms with van der Waals surface area (Å²) in [6, 6.07) is 18.6. The number of unbranched alkanes of at least 4 members (excludes halogenated alkanes) is 4. The van der Waals surface area contributed by atoms with Crippen LogP contribution in [0.3, 0.4) is 0 Å². The van der Waals surface area contributed by atoms with Gasteiger partial charge in [-0.25, -0.2) is 4.79 Å². The third-order valence-electron chi connectivity index (χ3n) is 9.74. The molecular weight excluding hydrogens is 480 g/mol. The molecule has 2 saturated carbocycles. The first-order chi connectivity index (χ1) is 19.1. The smallest absolute Gasteiger partial charge is 0.438 e. The molecule has 0 heterocycles. The number of carbonyl (C=O) groups is 1. The first kappa shape index (κ1) is 29.7. The van der Waals surface area contributed by atoms with Crippen molar-refractivity contribution in [3.63, 3.8) is 0 Å². The second-order valence-corrected chi connectivity index (χ2v) is 12.4. The summed E-state index contributed by atoms with van der Waals surface area (Å²) in [6.45, 7) is 4.56. The monoisotopic (exact) mass is 532 g/mol. The molecule has 214 valence electrons. The summed E-state index contributed by atoms with van der Waals surface area (Å²) in [4.78, 5) is 12.0. The number of hydrogen-bond donors (Lipinski definition) is 0. The Morgan fingerprint density at radius 3 is 1.77 bits per heavy atom. The van der Waals surface area contributed by atoms with Crippen molar-refractivity contribution in [1.29, 1.82) is 0 Å². The molecule has 0 saturated heterocycles. The Labute approximate surface area is 238 Å². The van der Waals surface area contributed by atoms with Crippen LogP contribution in [-0.4, -0.2) is 18.9 Å². The van der Waals surface area contributed by atoms with Crippen molar-refractivity contribution in [1.82, 2.24) is 0 Å². The predicted octanol–water partition coefficient (Wildman–Crippen LogP) is 11.0. The van der Waals surface area contributed by atoms with Gasteiger partial charge in [0, 0.05) is 0 Å². The minimum Gasteiger partial charge on any atom is -0.438 e. The van der Waals surface area contributed by atoms with E-state index in [1.807, 2.05) is 0 Å². The fourth-order valence-electron chi connectivity index (χ4n) is 7.24. The Bertz CT molecular complexity index is 977. The fraction of sp³-hybridized carbons (Fsp3) is 0.639. The first-order valence-corrected chi connectivity index (χ1v) is 16.0. The Balaban J connectivity index is 1.31. The highest BCUT2D eigenvalue weighted by Gasteiger charge is 2.39. The van der Waals surface area contributed by atoms with E-state index in [0.717, 1.165) is 50.4 Å². The highest BCUT2D eigenvalue weighted by molar-refractivity contribution is 5.64. The Hall–Kier alpha value is -2.29. The van der Waals surface area contributed by atoms with E-state index in [9.17, 15) is 4.79 Å². The van der Waals surface area contributed by atoms with Crippen molar-refractivity contribution < 1.29 is 14.3 Å². The van der Waals surface area contributed by atoms with E-state index < -0.39 is 6.16 Å². The largest absolute Gasteiger partial charge is 0.508 e. The third-order valence-corrected chi connectivity index (χ3v) is 9.74. The summed E-state index contributed by atoms with van der Waals surface area (Å²) in [6.07, 6.45) is 18.7. The SMILES string of the molecule is CCCCCCCC1(OC(=O)OC)CCC(c2ccc(-c3ccc(C4CCC(CCC)CC4)cc3)cc2)CC1. The Morgan fingerprint density at radius 2 is 1.26 bits per heavy atom. The van der Waals surface area contributed by atoms with Crippen LogP contribution in [0.15, 0.2) is 48.5 Å². The van der Waals surface area contributed by atoms with Crippen molar-refractivity contribution in [3.8, 4) is 11.1 Å². The van der Waals surface area contributed by atoms with Crippen molar-refractivity contribution in [2.75, 3.05) is 7.11 Å². The number of benzene rings is 2. The maximum absolute atomic E-state index is 12.0. The van der Waals surface area contributed by atoms with E-state index in [4.69, 9.17) is 9.47 Å². The summed E-state index contributed by atoms with van der Waals surface area (Å²) in [5.41, 5.74) is 5.18. The van der Waals surface area contributed by atoms with Crippen LogP contribution in [0.1, 0.15) is 140 Å². The molecule has 0 amide bonds. The first-order valence-electron chi connectivity index (χ1n) is 16.0. The van der Waals surface area contributed by atoms with Crippen molar-refractivity contribution in [2.24, 2.45) is 5.92 Å². The lowest BCUT2D eigenvalue weighted by Crippen LogP contribution is -2.39. The standard InChI is InChI=1S/C36H52O3/c1-4-6-7-8-9-25-36(39-35(37)38-3)26-23-34(24-27-36)33-21-19-32(20-22-33)31-17-15-30(16-18-31)29-13-11-28(10-5-2)12-14-29/h15-22,28-29,34H,4-14,23-27H2,1-3H3. The van der Waals surface area contributed by atoms with Crippen LogP contribution in [0, 0.1) is 5.92 Å². The minimum atomic E-state index is -0.526. The number of rotatable bonds is 12. The van der Waals surface area contributed by atoms with Crippen LogP contribution < -0.4 is 0 Å². The molecule has 0 aromatic heterocycles. The number of carbonyl (C=O) groups excluding carboxylic acids is 1. The molecule has 2 aromatic carbocycles. The van der Waals surface area contributed by atoms with Gasteiger partial charge in [0.1, 0.15) is 5.60 Å². The van der Waals surface area contributed by atoms with Gasteiger partial charge < -0.3 is 9.47 Å². The third kappa shape index (κ3) is 8.35. The van der Waals surface area contributed by atoms with Gasteiger partial charge in [-0.15, -0.1) is 0 Å². The zero-order valence-electron chi connectivity index (χ0n) is 24.9. The second kappa shape index (κ2) is 14.9. The van der Waals surface area contributed by atoms with Crippen LogP contribution in [0.4, 0.5) is 4.79 Å². The summed E-state index contributed by atoms with van der Waals surface area (Å²) in [7, 11) is 1.41. The topological polar surface area (TPSA) is 35.5 Å². The van der Waals surface area contributed by atoms with Crippen molar-refractivity contribution >= 4 is 6.16 Å². The summed E-state index contributed by atoms with van der Waals surface area (Å²) >= 11 is 0. The lowest BCUT2D eigenvalue weighted by Gasteiger charge is -2.39. The highest BCUT2D eigenvalue weighted by atomic mass is 16.7. The van der Waals surface area contributed by atoms with E-state index in [2.05, 4.69) is 62.4 Å². The normalized spacial score (nSPS) is 25.3. The molecule has 0 N–H and O–H groups in total. The maximum atomic E-state index is 12.0. The molecule has 3 heteroatoms. The van der Waals surface area contributed by atoms with E-state index in [1.165, 1.54) is 93.6 Å². The van der Waals surface area contributed by atoms with Gasteiger partial charge in [-0.3, -0.25) is 0 Å². The summed E-state index contributed by atoms with van der Waals surface area (Å²) in [5, 5.41) is 0. The van der Waals surface area contributed by atoms with Gasteiger partial charge in [0.05, 0.1) is 7.11 Å². The quantitative estimate of drug-likeness (QED) is 0.201. The van der Waals surface area contributed by atoms with Gasteiger partial charge in [0.15, 0.2) is 0 Å². The van der Waals surface area contributed by atoms with Gasteiger partial charge in [-0.1, -0.05) is 101 Å². The van der Waals surface area contributed by atoms with Crippen LogP contribution in [0.5, 0.6) is 0 Å². The number of methoxy groups -OCH3 is 1. The average Bonchev–Trinajstić information content (AvgIpc) is 2.98. The van der Waals surface area contributed by atoms with Gasteiger partial charge in [0.2, 0.25) is 0 Å². The van der Waals surface area contributed by atoms with E-state index >= 15 is 0 Å². The molecular formula is C36H52O3. The van der Waals surface area contributed by atoms with E-state index in [0.29, 0.717) is 5.92 Å². The van der Waals surface area contributed by atoms with Crippen LogP contribution >= 0.6 is 0 Å². The molecule has 3 nitrogen and oxygen atoms in total. The van der Waals surface area contributed by atoms with Crippen molar-refractivity contribution in [2.45, 2.75) is 134 Å². The van der Waals surface area contributed by atoms with Crippen LogP contribution in [-0.2, 0) is 9.47 Å². The molecule has 0 unspecified atom stereocenters. The lowest BCUT2D eigenvalue weighted by atomic mass is 9.74. The minimum absolute atomic E-state index is 0.354. The Kier molecular flexibility index (Phi) is 11.4. The van der Waals surface area contributed by atoms with E-state index in [1.54, 1.807) is 0 Å². The average molecular weight is 533 g/mol. The molecule has 0 bridgehead atoms. The molecule has 0 radical (unpaired) electrons. The zero-order chi connectivity index (χ0) is 27.5. The zero-order valence-corrected chi connectivity index (χ0v) is 24.9. The van der Waals surface area contributed by atoms with Crippen LogP contribution in [0.2, 0.25) is 0 Å². The molecule has 2 aliphatic rings. The molecule has 0 spiro atoms. The van der Waals surface area contributed by atoms with Gasteiger partial charge in [0.25, 0.3) is 0 Å². The molecule has 0 atom stereocenters. The molecule has 2 fully saturated rings. The second-order valence-electron chi connectivity index (χ2n) is 12.4.